The van der Waals surface area contributed by atoms with Gasteiger partial charge >= 0.3 is 11.9 Å². The molecule has 6 nitrogen and oxygen atoms in total. The summed E-state index contributed by atoms with van der Waals surface area (Å²) in [5.41, 5.74) is 1.83. The number of ether oxygens (including phenoxy) is 2. The van der Waals surface area contributed by atoms with E-state index in [2.05, 4.69) is 45.0 Å². The van der Waals surface area contributed by atoms with Crippen LogP contribution in [-0.4, -0.2) is 41.0 Å². The van der Waals surface area contributed by atoms with Crippen molar-refractivity contribution >= 4 is 11.9 Å². The van der Waals surface area contributed by atoms with Crippen LogP contribution in [-0.2, 0) is 24.5 Å². The maximum atomic E-state index is 13.8. The summed E-state index contributed by atoms with van der Waals surface area (Å²) in [7, 11) is 0. The molecule has 36 heavy (non-hydrogen) atoms. The normalized spacial score (nSPS) is 29.0. The van der Waals surface area contributed by atoms with E-state index in [0.29, 0.717) is 5.92 Å². The molecule has 1 saturated carbocycles. The molecule has 194 valence electrons. The second-order valence-corrected chi connectivity index (χ2v) is 10.9. The third kappa shape index (κ3) is 5.35. The largest absolute Gasteiger partial charge is 0.465 e. The second-order valence-electron chi connectivity index (χ2n) is 10.9. The van der Waals surface area contributed by atoms with Crippen LogP contribution in [0.5, 0.6) is 0 Å². The van der Waals surface area contributed by atoms with E-state index in [1.165, 1.54) is 5.56 Å². The van der Waals surface area contributed by atoms with Gasteiger partial charge in [0, 0.05) is 5.92 Å². The molecular formula is C30H39NO5. The predicted octanol–water partition coefficient (Wildman–Crippen LogP) is 5.70. The van der Waals surface area contributed by atoms with Gasteiger partial charge < -0.3 is 14.7 Å². The van der Waals surface area contributed by atoms with Crippen LogP contribution in [0, 0.1) is 17.8 Å². The fourth-order valence-corrected chi connectivity index (χ4v) is 6.16. The van der Waals surface area contributed by atoms with Crippen LogP contribution in [0.3, 0.4) is 0 Å². The molecule has 2 aromatic carbocycles. The van der Waals surface area contributed by atoms with Crippen molar-refractivity contribution in [2.45, 2.75) is 77.0 Å². The van der Waals surface area contributed by atoms with Gasteiger partial charge in [-0.15, -0.1) is 0 Å². The van der Waals surface area contributed by atoms with Crippen molar-refractivity contribution in [3.63, 3.8) is 0 Å². The lowest BCUT2D eigenvalue weighted by atomic mass is 9.64. The van der Waals surface area contributed by atoms with Gasteiger partial charge in [-0.2, -0.15) is 5.06 Å². The fourth-order valence-electron chi connectivity index (χ4n) is 6.16. The van der Waals surface area contributed by atoms with Crippen molar-refractivity contribution in [2.75, 3.05) is 6.61 Å². The lowest BCUT2D eigenvalue weighted by molar-refractivity contribution is -0.181. The van der Waals surface area contributed by atoms with Crippen molar-refractivity contribution < 1.29 is 24.3 Å². The molecule has 2 fully saturated rings. The second kappa shape index (κ2) is 11.1. The highest BCUT2D eigenvalue weighted by Crippen LogP contribution is 2.46. The monoisotopic (exact) mass is 493 g/mol. The summed E-state index contributed by atoms with van der Waals surface area (Å²) >= 11 is 0. The van der Waals surface area contributed by atoms with Crippen molar-refractivity contribution in [1.29, 1.82) is 0 Å². The Bertz CT molecular complexity index is 1020. The molecule has 1 aliphatic heterocycles. The Balaban J connectivity index is 1.60. The predicted molar refractivity (Wildman–Crippen MR) is 137 cm³/mol. The van der Waals surface area contributed by atoms with Gasteiger partial charge in [-0.3, -0.25) is 9.59 Å². The Kier molecular flexibility index (Phi) is 8.16. The van der Waals surface area contributed by atoms with Gasteiger partial charge in [-0.05, 0) is 48.6 Å². The van der Waals surface area contributed by atoms with Gasteiger partial charge in [-0.25, -0.2) is 0 Å². The Labute approximate surface area is 214 Å². The summed E-state index contributed by atoms with van der Waals surface area (Å²) in [5.74, 6) is -0.929. The molecule has 1 N–H and O–H groups in total. The molecule has 6 atom stereocenters. The zero-order valence-electron chi connectivity index (χ0n) is 21.8. The van der Waals surface area contributed by atoms with E-state index < -0.39 is 24.0 Å². The molecule has 2 aromatic rings. The van der Waals surface area contributed by atoms with Gasteiger partial charge in [-0.1, -0.05) is 87.9 Å². The van der Waals surface area contributed by atoms with Gasteiger partial charge in [0.25, 0.3) is 0 Å². The first-order chi connectivity index (χ1) is 17.2. The summed E-state index contributed by atoms with van der Waals surface area (Å²) in [4.78, 5) is 26.4. The van der Waals surface area contributed by atoms with E-state index >= 15 is 0 Å². The maximum absolute atomic E-state index is 13.8. The molecule has 4 rings (SSSR count). The Morgan fingerprint density at radius 3 is 2.25 bits per heavy atom. The van der Waals surface area contributed by atoms with Crippen LogP contribution < -0.4 is 0 Å². The van der Waals surface area contributed by atoms with Gasteiger partial charge in [0.1, 0.15) is 12.1 Å². The third-order valence-corrected chi connectivity index (χ3v) is 8.23. The highest BCUT2D eigenvalue weighted by molar-refractivity contribution is 5.80. The average molecular weight is 494 g/mol. The number of hydroxylamine groups is 2. The smallest absolute Gasteiger partial charge is 0.325 e. The average Bonchev–Trinajstić information content (AvgIpc) is 3.22. The first-order valence-corrected chi connectivity index (χ1v) is 13.2. The van der Waals surface area contributed by atoms with Crippen LogP contribution >= 0.6 is 0 Å². The SMILES string of the molecule is CCOC(=O)[C@H]1C[C@H](C(=O)O[C@@H]2C[C@H](C)CC[C@H]2C(C)(C)c2ccccc2)[C@@H](c2ccccc2)N1O. The Morgan fingerprint density at radius 1 is 0.972 bits per heavy atom. The van der Waals surface area contributed by atoms with Crippen LogP contribution in [0.1, 0.15) is 70.5 Å². The molecule has 0 unspecified atom stereocenters. The lowest BCUT2D eigenvalue weighted by Gasteiger charge is -2.44. The topological polar surface area (TPSA) is 76.1 Å². The number of benzene rings is 2. The van der Waals surface area contributed by atoms with Crippen molar-refractivity contribution in [1.82, 2.24) is 5.06 Å². The summed E-state index contributed by atoms with van der Waals surface area (Å²) < 4.78 is 11.5. The molecule has 0 spiro atoms. The minimum absolute atomic E-state index is 0.156. The van der Waals surface area contributed by atoms with E-state index in [4.69, 9.17) is 9.47 Å². The van der Waals surface area contributed by atoms with Crippen LogP contribution in [0.4, 0.5) is 0 Å². The van der Waals surface area contributed by atoms with E-state index in [1.807, 2.05) is 36.4 Å². The molecule has 2 aliphatic rings. The molecule has 6 heteroatoms. The Hall–Kier alpha value is -2.70. The van der Waals surface area contributed by atoms with Crippen molar-refractivity contribution in [2.24, 2.45) is 17.8 Å². The molecule has 0 radical (unpaired) electrons. The molecule has 1 aliphatic carbocycles. The number of carbonyl (C=O) groups is 2. The van der Waals surface area contributed by atoms with Gasteiger partial charge in [0.2, 0.25) is 0 Å². The van der Waals surface area contributed by atoms with Crippen LogP contribution in [0.15, 0.2) is 60.7 Å². The summed E-state index contributed by atoms with van der Waals surface area (Å²) in [5, 5.41) is 12.0. The molecule has 0 bridgehead atoms. The van der Waals surface area contributed by atoms with E-state index in [9.17, 15) is 14.8 Å². The highest BCUT2D eigenvalue weighted by Gasteiger charge is 2.51. The van der Waals surface area contributed by atoms with E-state index in [-0.39, 0.29) is 36.4 Å². The van der Waals surface area contributed by atoms with Crippen LogP contribution in [0.2, 0.25) is 0 Å². The number of hydrogen-bond donors (Lipinski definition) is 1. The van der Waals surface area contributed by atoms with E-state index in [0.717, 1.165) is 29.9 Å². The number of carbonyl (C=O) groups excluding carboxylic acids is 2. The summed E-state index contributed by atoms with van der Waals surface area (Å²) in [6.45, 7) is 8.62. The quantitative estimate of drug-likeness (QED) is 0.499. The zero-order valence-corrected chi connectivity index (χ0v) is 21.8. The minimum atomic E-state index is -0.908. The van der Waals surface area contributed by atoms with Gasteiger partial charge in [0.05, 0.1) is 18.6 Å². The van der Waals surface area contributed by atoms with Crippen molar-refractivity contribution in [3.8, 4) is 0 Å². The molecule has 0 aromatic heterocycles. The summed E-state index contributed by atoms with van der Waals surface area (Å²) in [6.07, 6.45) is 2.80. The number of esters is 2. The minimum Gasteiger partial charge on any atom is -0.465 e. The summed E-state index contributed by atoms with van der Waals surface area (Å²) in [6, 6.07) is 18.2. The molecule has 1 saturated heterocycles. The molecular weight excluding hydrogens is 454 g/mol. The molecule has 1 heterocycles. The lowest BCUT2D eigenvalue weighted by Crippen LogP contribution is -2.44. The fraction of sp³-hybridized carbons (Fsp3) is 0.533. The zero-order chi connectivity index (χ0) is 25.9. The number of nitrogens with zero attached hydrogens (tertiary/aromatic N) is 1. The highest BCUT2D eigenvalue weighted by atomic mass is 16.6. The van der Waals surface area contributed by atoms with Crippen LogP contribution in [0.25, 0.3) is 0 Å². The van der Waals surface area contributed by atoms with Gasteiger partial charge in [0.15, 0.2) is 0 Å². The first kappa shape index (κ1) is 26.4. The Morgan fingerprint density at radius 2 is 1.61 bits per heavy atom. The number of rotatable bonds is 7. The maximum Gasteiger partial charge on any atom is 0.325 e. The standard InChI is InChI=1S/C30H39NO5/c1-5-35-29(33)25-19-23(27(31(25)34)21-12-8-6-9-13-21)28(32)36-26-18-20(2)16-17-24(26)30(3,4)22-14-10-7-11-15-22/h6-15,20,23-27,34H,5,16-19H2,1-4H3/t20-,23+,24-,25-,26-,27-/m1/s1. The van der Waals surface area contributed by atoms with E-state index in [1.54, 1.807) is 6.92 Å². The third-order valence-electron chi connectivity index (χ3n) is 8.23. The molecule has 0 amide bonds. The number of hydrogen-bond acceptors (Lipinski definition) is 6. The first-order valence-electron chi connectivity index (χ1n) is 13.2. The van der Waals surface area contributed by atoms with Crippen molar-refractivity contribution in [3.05, 3.63) is 71.8 Å².